The summed E-state index contributed by atoms with van der Waals surface area (Å²) in [6.07, 6.45) is 0. The van der Waals surface area contributed by atoms with Gasteiger partial charge in [0.05, 0.1) is 23.9 Å². The van der Waals surface area contributed by atoms with Crippen LogP contribution in [0.25, 0.3) is 0 Å². The molecule has 13 heteroatoms. The molecule has 0 aliphatic rings. The molecule has 0 aliphatic heterocycles. The number of benzene rings is 2. The average molecular weight is 446 g/mol. The maximum Gasteiger partial charge on any atom is 1.00 e. The number of hydrogen-bond donors (Lipinski definition) is 0. The number of ketones is 1. The molecular formula is C17H6Na4O9. The van der Waals surface area contributed by atoms with Gasteiger partial charge in [0, 0.05) is 33.4 Å². The van der Waals surface area contributed by atoms with Crippen molar-refractivity contribution in [3.8, 4) is 0 Å². The molecule has 2 rings (SSSR count). The van der Waals surface area contributed by atoms with Crippen LogP contribution in [0, 0.1) is 0 Å². The molecule has 0 unspecified atom stereocenters. The molecule has 0 heterocycles. The van der Waals surface area contributed by atoms with E-state index in [1.165, 1.54) is 30.3 Å². The van der Waals surface area contributed by atoms with Crippen LogP contribution in [-0.2, 0) is 0 Å². The standard InChI is InChI=1S/C17H10O9.4Na/c18-13(7-4-2-1-3-5-7)8-6-9(14(19)20)11(16(23)24)12(17(25)26)10(8)15(21)22;;;;/h1-6H,(H,19,20)(H,21,22)(H,23,24)(H,25,26);;;;/q;4*+1/p-4. The van der Waals surface area contributed by atoms with Crippen molar-refractivity contribution in [1.29, 1.82) is 0 Å². The van der Waals surface area contributed by atoms with Crippen LogP contribution in [-0.4, -0.2) is 29.7 Å². The fourth-order valence-corrected chi connectivity index (χ4v) is 2.40. The third-order valence-electron chi connectivity index (χ3n) is 3.44. The van der Waals surface area contributed by atoms with Crippen molar-refractivity contribution in [1.82, 2.24) is 0 Å². The molecule has 0 amide bonds. The summed E-state index contributed by atoms with van der Waals surface area (Å²) in [6.45, 7) is 0. The first-order valence-electron chi connectivity index (χ1n) is 6.83. The smallest absolute Gasteiger partial charge is 0.545 e. The van der Waals surface area contributed by atoms with Gasteiger partial charge < -0.3 is 39.6 Å². The molecule has 30 heavy (non-hydrogen) atoms. The maximum absolute atomic E-state index is 12.5. The topological polar surface area (TPSA) is 178 Å². The molecular weight excluding hydrogens is 440 g/mol. The number of aromatic carboxylic acids is 4. The summed E-state index contributed by atoms with van der Waals surface area (Å²) in [5.41, 5.74) is -6.62. The molecule has 132 valence electrons. The summed E-state index contributed by atoms with van der Waals surface area (Å²) in [4.78, 5) is 57.6. The SMILES string of the molecule is O=C([O-])c1cc(C(=O)c2ccccc2)c(C(=O)[O-])c(C(=O)[O-])c1C(=O)[O-].[Na+].[Na+].[Na+].[Na+]. The zero-order valence-electron chi connectivity index (χ0n) is 16.6. The molecule has 2 aromatic carbocycles. The van der Waals surface area contributed by atoms with E-state index in [2.05, 4.69) is 0 Å². The molecule has 0 atom stereocenters. The van der Waals surface area contributed by atoms with Gasteiger partial charge in [0.2, 0.25) is 0 Å². The first kappa shape index (κ1) is 34.6. The molecule has 0 N–H and O–H groups in total. The van der Waals surface area contributed by atoms with Gasteiger partial charge in [-0.1, -0.05) is 30.3 Å². The van der Waals surface area contributed by atoms with Gasteiger partial charge in [-0.15, -0.1) is 0 Å². The van der Waals surface area contributed by atoms with Gasteiger partial charge in [-0.3, -0.25) is 4.79 Å². The number of carbonyl (C=O) groups is 5. The summed E-state index contributed by atoms with van der Waals surface area (Å²) in [5, 5.41) is 45.1. The second-order valence-corrected chi connectivity index (χ2v) is 4.94. The molecule has 0 saturated heterocycles. The largest absolute Gasteiger partial charge is 1.00 e. The maximum atomic E-state index is 12.5. The Balaban J connectivity index is -0.00000182. The summed E-state index contributed by atoms with van der Waals surface area (Å²) < 4.78 is 0. The zero-order valence-corrected chi connectivity index (χ0v) is 24.6. The Labute approximate surface area is 258 Å². The Kier molecular flexibility index (Phi) is 17.2. The molecule has 0 spiro atoms. The summed E-state index contributed by atoms with van der Waals surface area (Å²) in [6, 6.07) is 7.28. The van der Waals surface area contributed by atoms with Crippen molar-refractivity contribution in [2.45, 2.75) is 0 Å². The van der Waals surface area contributed by atoms with Crippen molar-refractivity contribution in [2.24, 2.45) is 0 Å². The Hall–Kier alpha value is -0.01000. The third kappa shape index (κ3) is 7.54. The van der Waals surface area contributed by atoms with Gasteiger partial charge in [-0.2, -0.15) is 0 Å². The molecule has 0 fully saturated rings. The monoisotopic (exact) mass is 446 g/mol. The van der Waals surface area contributed by atoms with E-state index in [1.54, 1.807) is 0 Å². The van der Waals surface area contributed by atoms with Crippen LogP contribution in [0.4, 0.5) is 0 Å². The number of carboxylic acids is 4. The Morgan fingerprint density at radius 2 is 0.933 bits per heavy atom. The summed E-state index contributed by atoms with van der Waals surface area (Å²) in [7, 11) is 0. The normalized spacial score (nSPS) is 8.80. The van der Waals surface area contributed by atoms with Gasteiger partial charge >= 0.3 is 118 Å². The summed E-state index contributed by atoms with van der Waals surface area (Å²) in [5.74, 6) is -10.1. The van der Waals surface area contributed by atoms with Crippen LogP contribution in [0.3, 0.4) is 0 Å². The van der Waals surface area contributed by atoms with Crippen LogP contribution in [0.1, 0.15) is 57.4 Å². The third-order valence-corrected chi connectivity index (χ3v) is 3.44. The minimum Gasteiger partial charge on any atom is -0.545 e. The van der Waals surface area contributed by atoms with Crippen molar-refractivity contribution in [3.05, 3.63) is 69.8 Å². The van der Waals surface area contributed by atoms with Crippen molar-refractivity contribution in [2.75, 3.05) is 0 Å². The minimum absolute atomic E-state index is 0. The Bertz CT molecular complexity index is 975. The fourth-order valence-electron chi connectivity index (χ4n) is 2.40. The number of hydrogen-bond acceptors (Lipinski definition) is 9. The second kappa shape index (κ2) is 14.9. The quantitative estimate of drug-likeness (QED) is 0.308. The molecule has 0 aliphatic carbocycles. The van der Waals surface area contributed by atoms with E-state index < -0.39 is 57.5 Å². The predicted molar refractivity (Wildman–Crippen MR) is 73.6 cm³/mol. The van der Waals surface area contributed by atoms with E-state index in [-0.39, 0.29) is 124 Å². The fraction of sp³-hybridized carbons (Fsp3) is 0. The van der Waals surface area contributed by atoms with Gasteiger partial charge in [0.1, 0.15) is 0 Å². The van der Waals surface area contributed by atoms with Crippen molar-refractivity contribution >= 4 is 29.7 Å². The van der Waals surface area contributed by atoms with Crippen LogP contribution in [0.2, 0.25) is 0 Å². The minimum atomic E-state index is -2.34. The molecule has 2 aromatic rings. The predicted octanol–water partition coefficient (Wildman–Crippen LogP) is -15.6. The first-order chi connectivity index (χ1) is 12.2. The average Bonchev–Trinajstić information content (AvgIpc) is 2.59. The van der Waals surface area contributed by atoms with E-state index >= 15 is 0 Å². The molecule has 0 aromatic heterocycles. The zero-order chi connectivity index (χ0) is 19.6. The van der Waals surface area contributed by atoms with Crippen LogP contribution in [0.15, 0.2) is 36.4 Å². The van der Waals surface area contributed by atoms with Gasteiger partial charge in [0.25, 0.3) is 0 Å². The second-order valence-electron chi connectivity index (χ2n) is 4.94. The Morgan fingerprint density at radius 1 is 0.533 bits per heavy atom. The number of carboxylic acid groups (broad SMARTS) is 4. The first-order valence-corrected chi connectivity index (χ1v) is 6.83. The van der Waals surface area contributed by atoms with Gasteiger partial charge in [0.15, 0.2) is 5.78 Å². The molecule has 0 saturated carbocycles. The summed E-state index contributed by atoms with van der Waals surface area (Å²) >= 11 is 0. The van der Waals surface area contributed by atoms with E-state index in [0.717, 1.165) is 0 Å². The molecule has 9 nitrogen and oxygen atoms in total. The van der Waals surface area contributed by atoms with E-state index in [9.17, 15) is 44.4 Å². The molecule has 0 bridgehead atoms. The number of carbonyl (C=O) groups excluding carboxylic acids is 5. The Morgan fingerprint density at radius 3 is 1.30 bits per heavy atom. The van der Waals surface area contributed by atoms with Gasteiger partial charge in [-0.05, 0) is 6.07 Å². The van der Waals surface area contributed by atoms with Crippen LogP contribution in [0.5, 0.6) is 0 Å². The van der Waals surface area contributed by atoms with Crippen molar-refractivity contribution < 1.29 is 163 Å². The molecule has 0 radical (unpaired) electrons. The van der Waals surface area contributed by atoms with E-state index in [4.69, 9.17) is 0 Å². The van der Waals surface area contributed by atoms with E-state index in [0.29, 0.717) is 6.07 Å². The van der Waals surface area contributed by atoms with Crippen LogP contribution >= 0.6 is 0 Å². The van der Waals surface area contributed by atoms with Gasteiger partial charge in [-0.25, -0.2) is 0 Å². The number of rotatable bonds is 6. The van der Waals surface area contributed by atoms with E-state index in [1.807, 2.05) is 0 Å². The van der Waals surface area contributed by atoms with Crippen molar-refractivity contribution in [3.63, 3.8) is 0 Å². The van der Waals surface area contributed by atoms with Crippen LogP contribution < -0.4 is 139 Å².